The molecule has 0 saturated heterocycles. The fourth-order valence-corrected chi connectivity index (χ4v) is 1.87. The fourth-order valence-electron chi connectivity index (χ4n) is 1.87. The van der Waals surface area contributed by atoms with Crippen molar-refractivity contribution in [2.45, 2.75) is 0 Å². The molecule has 1 amide bonds. The van der Waals surface area contributed by atoms with Crippen molar-refractivity contribution in [3.63, 3.8) is 0 Å². The second-order valence-electron chi connectivity index (χ2n) is 4.76. The lowest BCUT2D eigenvalue weighted by atomic mass is 10.2. The Bertz CT molecular complexity index is 739. The third-order valence-corrected chi connectivity index (χ3v) is 3.06. The number of amides is 1. The molecule has 0 aliphatic heterocycles. The first kappa shape index (κ1) is 17.1. The maximum absolute atomic E-state index is 12.1. The molecule has 0 heterocycles. The summed E-state index contributed by atoms with van der Waals surface area (Å²) in [6.45, 7) is 3.93. The largest absolute Gasteiger partial charge is 0.508 e. The van der Waals surface area contributed by atoms with Gasteiger partial charge in [-0.15, -0.1) is 0 Å². The summed E-state index contributed by atoms with van der Waals surface area (Å²) in [7, 11) is 1.50. The summed E-state index contributed by atoms with van der Waals surface area (Å²) < 4.78 is 10.7. The Morgan fingerprint density at radius 3 is 2.67 bits per heavy atom. The molecule has 0 aliphatic carbocycles. The van der Waals surface area contributed by atoms with Gasteiger partial charge in [-0.3, -0.25) is 4.79 Å². The Morgan fingerprint density at radius 1 is 1.25 bits per heavy atom. The second kappa shape index (κ2) is 8.38. The minimum Gasteiger partial charge on any atom is -0.508 e. The van der Waals surface area contributed by atoms with Gasteiger partial charge in [0.2, 0.25) is 0 Å². The van der Waals surface area contributed by atoms with Gasteiger partial charge in [0.15, 0.2) is 11.5 Å². The molecule has 0 atom stereocenters. The van der Waals surface area contributed by atoms with Crippen molar-refractivity contribution in [3.05, 3.63) is 66.2 Å². The molecule has 0 bridgehead atoms. The first-order chi connectivity index (χ1) is 11.6. The molecule has 0 unspecified atom stereocenters. The molecule has 0 spiro atoms. The van der Waals surface area contributed by atoms with E-state index in [0.29, 0.717) is 23.7 Å². The molecule has 0 fully saturated rings. The number of phenolic OH excluding ortho intramolecular Hbond substituents is 1. The van der Waals surface area contributed by atoms with Gasteiger partial charge in [-0.25, -0.2) is 5.43 Å². The van der Waals surface area contributed by atoms with E-state index in [1.165, 1.54) is 25.5 Å². The van der Waals surface area contributed by atoms with Crippen LogP contribution in [0.3, 0.4) is 0 Å². The van der Waals surface area contributed by atoms with Crippen LogP contribution >= 0.6 is 0 Å². The highest BCUT2D eigenvalue weighted by molar-refractivity contribution is 5.95. The SMILES string of the molecule is C=CCOc1ccc(C(=O)N/N=C/c2ccc(O)cc2)cc1OC. The number of hydrazone groups is 1. The van der Waals surface area contributed by atoms with Crippen molar-refractivity contribution >= 4 is 12.1 Å². The summed E-state index contributed by atoms with van der Waals surface area (Å²) in [5.74, 6) is 0.772. The molecule has 0 aromatic heterocycles. The van der Waals surface area contributed by atoms with Gasteiger partial charge >= 0.3 is 0 Å². The standard InChI is InChI=1S/C18H18N2O4/c1-3-10-24-16-9-6-14(11-17(16)23-2)18(22)20-19-12-13-4-7-15(21)8-5-13/h3-9,11-12,21H,1,10H2,2H3,(H,20,22)/b19-12+. The summed E-state index contributed by atoms with van der Waals surface area (Å²) in [6.07, 6.45) is 3.11. The molecule has 124 valence electrons. The van der Waals surface area contributed by atoms with Crippen molar-refractivity contribution in [1.29, 1.82) is 0 Å². The number of nitrogens with zero attached hydrogens (tertiary/aromatic N) is 1. The Balaban J connectivity index is 2.03. The molecule has 2 aromatic rings. The van der Waals surface area contributed by atoms with Crippen LogP contribution in [0.25, 0.3) is 0 Å². The van der Waals surface area contributed by atoms with Crippen LogP contribution in [0.4, 0.5) is 0 Å². The minimum absolute atomic E-state index is 0.169. The minimum atomic E-state index is -0.376. The lowest BCUT2D eigenvalue weighted by Gasteiger charge is -2.10. The normalized spacial score (nSPS) is 10.4. The summed E-state index contributed by atoms with van der Waals surface area (Å²) in [4.78, 5) is 12.1. The van der Waals surface area contributed by atoms with Crippen molar-refractivity contribution in [2.24, 2.45) is 5.10 Å². The van der Waals surface area contributed by atoms with Gasteiger partial charge in [0.25, 0.3) is 5.91 Å². The highest BCUT2D eigenvalue weighted by atomic mass is 16.5. The van der Waals surface area contributed by atoms with E-state index in [1.807, 2.05) is 0 Å². The number of methoxy groups -OCH3 is 1. The van der Waals surface area contributed by atoms with Crippen LogP contribution < -0.4 is 14.9 Å². The molecular weight excluding hydrogens is 308 g/mol. The first-order valence-electron chi connectivity index (χ1n) is 7.18. The number of rotatable bonds is 7. The summed E-state index contributed by atoms with van der Waals surface area (Å²) in [5, 5.41) is 13.1. The molecule has 2 rings (SSSR count). The van der Waals surface area contributed by atoms with Gasteiger partial charge in [-0.2, -0.15) is 5.10 Å². The first-order valence-corrected chi connectivity index (χ1v) is 7.18. The second-order valence-corrected chi connectivity index (χ2v) is 4.76. The maximum Gasteiger partial charge on any atom is 0.271 e. The number of nitrogens with one attached hydrogen (secondary N) is 1. The molecular formula is C18H18N2O4. The summed E-state index contributed by atoms with van der Waals surface area (Å²) in [5.41, 5.74) is 3.57. The summed E-state index contributed by atoms with van der Waals surface area (Å²) >= 11 is 0. The average molecular weight is 326 g/mol. The lowest BCUT2D eigenvalue weighted by molar-refractivity contribution is 0.0954. The molecule has 6 nitrogen and oxygen atoms in total. The van der Waals surface area contributed by atoms with Crippen LogP contribution in [0.15, 0.2) is 60.2 Å². The highest BCUT2D eigenvalue weighted by Gasteiger charge is 2.10. The molecule has 6 heteroatoms. The van der Waals surface area contributed by atoms with E-state index in [4.69, 9.17) is 9.47 Å². The monoisotopic (exact) mass is 326 g/mol. The molecule has 2 aromatic carbocycles. The Hall–Kier alpha value is -3.28. The lowest BCUT2D eigenvalue weighted by Crippen LogP contribution is -2.17. The van der Waals surface area contributed by atoms with E-state index in [9.17, 15) is 9.90 Å². The van der Waals surface area contributed by atoms with Gasteiger partial charge in [-0.1, -0.05) is 12.7 Å². The zero-order chi connectivity index (χ0) is 17.4. The van der Waals surface area contributed by atoms with Crippen molar-refractivity contribution in [2.75, 3.05) is 13.7 Å². The van der Waals surface area contributed by atoms with Gasteiger partial charge in [0.1, 0.15) is 12.4 Å². The van der Waals surface area contributed by atoms with Crippen LogP contribution in [-0.4, -0.2) is 30.9 Å². The van der Waals surface area contributed by atoms with Gasteiger partial charge in [-0.05, 0) is 48.0 Å². The van der Waals surface area contributed by atoms with Gasteiger partial charge in [0, 0.05) is 5.56 Å². The quantitative estimate of drug-likeness (QED) is 0.466. The molecule has 24 heavy (non-hydrogen) atoms. The maximum atomic E-state index is 12.1. The number of carbonyl (C=O) groups excluding carboxylic acids is 1. The predicted molar refractivity (Wildman–Crippen MR) is 91.9 cm³/mol. The molecule has 0 radical (unpaired) electrons. The van der Waals surface area contributed by atoms with Crippen molar-refractivity contribution in [1.82, 2.24) is 5.43 Å². The number of hydrogen-bond donors (Lipinski definition) is 2. The van der Waals surface area contributed by atoms with Crippen LogP contribution in [0, 0.1) is 0 Å². The van der Waals surface area contributed by atoms with Crippen molar-refractivity contribution < 1.29 is 19.4 Å². The van der Waals surface area contributed by atoms with E-state index in [0.717, 1.165) is 5.56 Å². The van der Waals surface area contributed by atoms with Crippen molar-refractivity contribution in [3.8, 4) is 17.2 Å². The van der Waals surface area contributed by atoms with E-state index >= 15 is 0 Å². The van der Waals surface area contributed by atoms with E-state index in [1.54, 1.807) is 36.4 Å². The number of carbonyl (C=O) groups is 1. The topological polar surface area (TPSA) is 80.2 Å². The summed E-state index contributed by atoms with van der Waals surface area (Å²) in [6, 6.07) is 11.3. The molecule has 0 aliphatic rings. The number of benzene rings is 2. The average Bonchev–Trinajstić information content (AvgIpc) is 2.61. The Kier molecular flexibility index (Phi) is 5.96. The zero-order valence-corrected chi connectivity index (χ0v) is 13.2. The number of aromatic hydroxyl groups is 1. The Labute approximate surface area is 140 Å². The third-order valence-electron chi connectivity index (χ3n) is 3.06. The predicted octanol–water partition coefficient (Wildman–Crippen LogP) is 2.73. The molecule has 2 N–H and O–H groups in total. The van der Waals surface area contributed by atoms with Gasteiger partial charge < -0.3 is 14.6 Å². The van der Waals surface area contributed by atoms with E-state index in [2.05, 4.69) is 17.1 Å². The number of ether oxygens (including phenoxy) is 2. The van der Waals surface area contributed by atoms with Crippen LogP contribution in [0.1, 0.15) is 15.9 Å². The van der Waals surface area contributed by atoms with Gasteiger partial charge in [0.05, 0.1) is 13.3 Å². The smallest absolute Gasteiger partial charge is 0.271 e. The third kappa shape index (κ3) is 4.61. The zero-order valence-electron chi connectivity index (χ0n) is 13.2. The number of phenols is 1. The number of hydrogen-bond acceptors (Lipinski definition) is 5. The van der Waals surface area contributed by atoms with Crippen LogP contribution in [-0.2, 0) is 0 Å². The molecule has 0 saturated carbocycles. The fraction of sp³-hybridized carbons (Fsp3) is 0.111. The van der Waals surface area contributed by atoms with Crippen LogP contribution in [0.2, 0.25) is 0 Å². The van der Waals surface area contributed by atoms with E-state index in [-0.39, 0.29) is 11.7 Å². The Morgan fingerprint density at radius 2 is 2.00 bits per heavy atom. The van der Waals surface area contributed by atoms with E-state index < -0.39 is 0 Å². The van der Waals surface area contributed by atoms with Crippen LogP contribution in [0.5, 0.6) is 17.2 Å². The highest BCUT2D eigenvalue weighted by Crippen LogP contribution is 2.28.